The number of rotatable bonds is 2. The summed E-state index contributed by atoms with van der Waals surface area (Å²) in [6.45, 7) is 2.64. The van der Waals surface area contributed by atoms with Gasteiger partial charge in [0.2, 0.25) is 0 Å². The molecule has 1 atom stereocenters. The summed E-state index contributed by atoms with van der Waals surface area (Å²) in [5.41, 5.74) is -1.07. The number of H-pyrrole nitrogens is 1. The van der Waals surface area contributed by atoms with Crippen LogP contribution in [0, 0.1) is 11.3 Å². The molecule has 0 aromatic carbocycles. The van der Waals surface area contributed by atoms with Crippen molar-refractivity contribution in [3.8, 4) is 6.07 Å². The Kier molecular flexibility index (Phi) is 3.11. The van der Waals surface area contributed by atoms with Crippen molar-refractivity contribution in [2.75, 3.05) is 5.75 Å². The van der Waals surface area contributed by atoms with E-state index in [4.69, 9.17) is 5.26 Å². The maximum absolute atomic E-state index is 11.6. The monoisotopic (exact) mass is 251 g/mol. The van der Waals surface area contributed by atoms with Crippen LogP contribution in [0.2, 0.25) is 0 Å². The topological polar surface area (TPSA) is 78.7 Å². The quantitative estimate of drug-likeness (QED) is 0.839. The largest absolute Gasteiger partial charge is 0.328 e. The van der Waals surface area contributed by atoms with Crippen LogP contribution < -0.4 is 11.2 Å². The number of thioether (sulfide) groups is 1. The van der Waals surface area contributed by atoms with E-state index in [0.29, 0.717) is 6.54 Å². The van der Waals surface area contributed by atoms with Gasteiger partial charge in [0.15, 0.2) is 0 Å². The molecular formula is C11H13N3O2S. The van der Waals surface area contributed by atoms with Gasteiger partial charge in [-0.2, -0.15) is 17.0 Å². The first-order valence-corrected chi connectivity index (χ1v) is 6.40. The van der Waals surface area contributed by atoms with Crippen molar-refractivity contribution in [3.63, 3.8) is 0 Å². The molecule has 5 nitrogen and oxygen atoms in total. The molecule has 1 saturated heterocycles. The first-order chi connectivity index (χ1) is 8.04. The average molecular weight is 251 g/mol. The van der Waals surface area contributed by atoms with Crippen LogP contribution in [0.25, 0.3) is 0 Å². The molecule has 1 N–H and O–H groups in total. The zero-order chi connectivity index (χ0) is 12.5. The maximum atomic E-state index is 11.6. The van der Waals surface area contributed by atoms with Crippen LogP contribution in [0.1, 0.15) is 25.3 Å². The van der Waals surface area contributed by atoms with E-state index in [1.807, 2.05) is 11.8 Å². The van der Waals surface area contributed by atoms with Crippen molar-refractivity contribution in [1.82, 2.24) is 9.55 Å². The summed E-state index contributed by atoms with van der Waals surface area (Å²) in [5.74, 6) is 1.10. The number of nitrogens with one attached hydrogen (secondary N) is 1. The van der Waals surface area contributed by atoms with E-state index in [0.717, 1.165) is 18.6 Å². The maximum Gasteiger partial charge on any atom is 0.328 e. The number of nitriles is 1. The van der Waals surface area contributed by atoms with Gasteiger partial charge in [0, 0.05) is 17.5 Å². The third-order valence-corrected chi connectivity index (χ3v) is 4.46. The third kappa shape index (κ3) is 2.44. The molecule has 1 unspecified atom stereocenters. The molecule has 0 radical (unpaired) electrons. The highest BCUT2D eigenvalue weighted by atomic mass is 32.2. The zero-order valence-electron chi connectivity index (χ0n) is 9.52. The fourth-order valence-electron chi connectivity index (χ4n) is 2.03. The average Bonchev–Trinajstić information content (AvgIpc) is 2.69. The smallest absolute Gasteiger partial charge is 0.298 e. The first kappa shape index (κ1) is 12.0. The van der Waals surface area contributed by atoms with Crippen molar-refractivity contribution in [3.05, 3.63) is 32.6 Å². The molecule has 0 amide bonds. The Balaban J connectivity index is 2.37. The molecule has 2 heterocycles. The van der Waals surface area contributed by atoms with Crippen molar-refractivity contribution in [2.24, 2.45) is 0 Å². The summed E-state index contributed by atoms with van der Waals surface area (Å²) in [5, 5.41) is 8.77. The number of aromatic amines is 1. The van der Waals surface area contributed by atoms with Crippen LogP contribution in [0.3, 0.4) is 0 Å². The predicted octanol–water partition coefficient (Wildman–Crippen LogP) is 0.694. The summed E-state index contributed by atoms with van der Waals surface area (Å²) in [7, 11) is 0. The highest BCUT2D eigenvalue weighted by Crippen LogP contribution is 2.38. The van der Waals surface area contributed by atoms with E-state index < -0.39 is 11.2 Å². The molecule has 0 spiro atoms. The van der Waals surface area contributed by atoms with Gasteiger partial charge in [0.05, 0.1) is 0 Å². The molecule has 6 heteroatoms. The minimum atomic E-state index is -0.613. The van der Waals surface area contributed by atoms with Crippen molar-refractivity contribution >= 4 is 11.8 Å². The SMILES string of the molecule is CC1(Cn2cc(C#N)c(=O)[nH]c2=O)CCCS1. The lowest BCUT2D eigenvalue weighted by atomic mass is 10.1. The van der Waals surface area contributed by atoms with Crippen LogP contribution in [-0.4, -0.2) is 20.1 Å². The summed E-state index contributed by atoms with van der Waals surface area (Å²) in [4.78, 5) is 25.0. The number of aromatic nitrogens is 2. The Morgan fingerprint density at radius 2 is 2.41 bits per heavy atom. The van der Waals surface area contributed by atoms with Gasteiger partial charge in [-0.3, -0.25) is 14.3 Å². The van der Waals surface area contributed by atoms with Gasteiger partial charge in [-0.1, -0.05) is 0 Å². The Morgan fingerprint density at radius 3 is 3.00 bits per heavy atom. The molecule has 90 valence electrons. The number of nitrogens with zero attached hydrogens (tertiary/aromatic N) is 2. The molecule has 2 rings (SSSR count). The van der Waals surface area contributed by atoms with Crippen LogP contribution in [0.4, 0.5) is 0 Å². The van der Waals surface area contributed by atoms with Crippen LogP contribution in [-0.2, 0) is 6.54 Å². The minimum Gasteiger partial charge on any atom is -0.298 e. The molecule has 1 fully saturated rings. The van der Waals surface area contributed by atoms with E-state index in [1.54, 1.807) is 6.07 Å². The highest BCUT2D eigenvalue weighted by Gasteiger charge is 2.30. The Labute approximate surface area is 102 Å². The molecule has 1 aromatic rings. The molecule has 0 bridgehead atoms. The van der Waals surface area contributed by atoms with Crippen molar-refractivity contribution < 1.29 is 0 Å². The molecule has 0 aliphatic carbocycles. The van der Waals surface area contributed by atoms with Gasteiger partial charge in [0.25, 0.3) is 5.56 Å². The molecule has 1 aliphatic heterocycles. The molecule has 1 aliphatic rings. The fourth-order valence-corrected chi connectivity index (χ4v) is 3.33. The van der Waals surface area contributed by atoms with Crippen molar-refractivity contribution in [1.29, 1.82) is 5.26 Å². The van der Waals surface area contributed by atoms with Crippen molar-refractivity contribution in [2.45, 2.75) is 31.1 Å². The first-order valence-electron chi connectivity index (χ1n) is 5.42. The second-order valence-electron chi connectivity index (χ2n) is 4.44. The summed E-state index contributed by atoms with van der Waals surface area (Å²) >= 11 is 1.83. The van der Waals surface area contributed by atoms with Crippen LogP contribution >= 0.6 is 11.8 Å². The van der Waals surface area contributed by atoms with E-state index in [9.17, 15) is 9.59 Å². The Hall–Kier alpha value is -1.48. The molecule has 17 heavy (non-hydrogen) atoms. The Morgan fingerprint density at radius 1 is 1.65 bits per heavy atom. The minimum absolute atomic E-state index is 0.0174. The summed E-state index contributed by atoms with van der Waals surface area (Å²) in [6, 6.07) is 1.79. The van der Waals surface area contributed by atoms with Gasteiger partial charge >= 0.3 is 5.69 Å². The normalized spacial score (nSPS) is 23.5. The lowest BCUT2D eigenvalue weighted by Crippen LogP contribution is -2.36. The summed E-state index contributed by atoms with van der Waals surface area (Å²) in [6.07, 6.45) is 3.54. The Bertz CT molecular complexity index is 576. The van der Waals surface area contributed by atoms with Gasteiger partial charge in [-0.15, -0.1) is 0 Å². The van der Waals surface area contributed by atoms with E-state index in [1.165, 1.54) is 10.8 Å². The second kappa shape index (κ2) is 4.41. The van der Waals surface area contributed by atoms with Gasteiger partial charge < -0.3 is 0 Å². The van der Waals surface area contributed by atoms with Crippen LogP contribution in [0.15, 0.2) is 15.8 Å². The molecular weight excluding hydrogens is 238 g/mol. The highest BCUT2D eigenvalue weighted by molar-refractivity contribution is 8.00. The van der Waals surface area contributed by atoms with Gasteiger partial charge in [0.1, 0.15) is 11.6 Å². The second-order valence-corrected chi connectivity index (χ2v) is 6.13. The fraction of sp³-hybridized carbons (Fsp3) is 0.545. The van der Waals surface area contributed by atoms with Gasteiger partial charge in [-0.05, 0) is 25.5 Å². The number of hydrogen-bond donors (Lipinski definition) is 1. The van der Waals surface area contributed by atoms with Crippen LogP contribution in [0.5, 0.6) is 0 Å². The molecule has 1 aromatic heterocycles. The lowest BCUT2D eigenvalue weighted by Gasteiger charge is -2.23. The predicted molar refractivity (Wildman–Crippen MR) is 66.1 cm³/mol. The van der Waals surface area contributed by atoms with E-state index >= 15 is 0 Å². The third-order valence-electron chi connectivity index (χ3n) is 2.94. The van der Waals surface area contributed by atoms with Gasteiger partial charge in [-0.25, -0.2) is 4.79 Å². The lowest BCUT2D eigenvalue weighted by molar-refractivity contribution is 0.492. The number of hydrogen-bond acceptors (Lipinski definition) is 4. The van der Waals surface area contributed by atoms with E-state index in [-0.39, 0.29) is 10.3 Å². The molecule has 0 saturated carbocycles. The summed E-state index contributed by atoms with van der Waals surface area (Å²) < 4.78 is 1.45. The van der Waals surface area contributed by atoms with E-state index in [2.05, 4.69) is 11.9 Å². The zero-order valence-corrected chi connectivity index (χ0v) is 10.3. The standard InChI is InChI=1S/C11H13N3O2S/c1-11(3-2-4-17-11)7-14-6-8(5-12)9(15)13-10(14)16/h6H,2-4,7H2,1H3,(H,13,15,16).